The quantitative estimate of drug-likeness (QED) is 0.929. The predicted octanol–water partition coefficient (Wildman–Crippen LogP) is 1.76. The molecule has 2 aromatic heterocycles. The number of hydrogen-bond acceptors (Lipinski definition) is 5. The van der Waals surface area contributed by atoms with E-state index in [1.54, 1.807) is 11.3 Å². The monoisotopic (exact) mass is 278 g/mol. The Morgan fingerprint density at radius 3 is 3.05 bits per heavy atom. The molecule has 3 rings (SSSR count). The summed E-state index contributed by atoms with van der Waals surface area (Å²) >= 11 is 1.65. The van der Waals surface area contributed by atoms with E-state index in [0.717, 1.165) is 28.6 Å². The van der Waals surface area contributed by atoms with Crippen LogP contribution in [0.4, 0.5) is 0 Å². The Kier molecular flexibility index (Phi) is 3.36. The first-order chi connectivity index (χ1) is 9.13. The first kappa shape index (κ1) is 12.7. The van der Waals surface area contributed by atoms with Crippen molar-refractivity contribution in [2.24, 2.45) is 0 Å². The molecule has 1 N–H and O–H groups in total. The number of nitrogens with zero attached hydrogens (tertiary/aromatic N) is 4. The summed E-state index contributed by atoms with van der Waals surface area (Å²) in [5.74, 6) is 0.416. The average Bonchev–Trinajstić information content (AvgIpc) is 2.98. The van der Waals surface area contributed by atoms with Gasteiger partial charge in [-0.25, -0.2) is 0 Å². The van der Waals surface area contributed by atoms with Gasteiger partial charge in [0, 0.05) is 18.0 Å². The average molecular weight is 278 g/mol. The molecule has 0 saturated carbocycles. The molecule has 19 heavy (non-hydrogen) atoms. The van der Waals surface area contributed by atoms with Gasteiger partial charge in [0.25, 0.3) is 0 Å². The lowest BCUT2D eigenvalue weighted by molar-refractivity contribution is 0.155. The zero-order valence-electron chi connectivity index (χ0n) is 11.2. The van der Waals surface area contributed by atoms with Gasteiger partial charge < -0.3 is 5.11 Å². The van der Waals surface area contributed by atoms with Gasteiger partial charge in [0.2, 0.25) is 0 Å². The zero-order chi connectivity index (χ0) is 13.4. The Balaban J connectivity index is 1.81. The van der Waals surface area contributed by atoms with Gasteiger partial charge in [-0.3, -0.25) is 4.68 Å². The number of aromatic nitrogens is 4. The Morgan fingerprint density at radius 2 is 2.32 bits per heavy atom. The molecule has 0 saturated heterocycles. The molecule has 5 nitrogen and oxygen atoms in total. The molecule has 0 bridgehead atoms. The van der Waals surface area contributed by atoms with E-state index < -0.39 is 0 Å². The van der Waals surface area contributed by atoms with Crippen LogP contribution >= 0.6 is 11.3 Å². The Bertz CT molecular complexity index is 575. The highest BCUT2D eigenvalue weighted by atomic mass is 32.1. The second-order valence-electron chi connectivity index (χ2n) is 5.36. The van der Waals surface area contributed by atoms with Gasteiger partial charge in [-0.15, -0.1) is 10.2 Å². The van der Waals surface area contributed by atoms with Crippen LogP contribution in [-0.2, 0) is 19.4 Å². The molecule has 102 valence electrons. The summed E-state index contributed by atoms with van der Waals surface area (Å²) in [6.07, 6.45) is 4.15. The number of hydrogen-bond donors (Lipinski definition) is 1. The van der Waals surface area contributed by atoms with Crippen molar-refractivity contribution in [1.29, 1.82) is 0 Å². The van der Waals surface area contributed by atoms with Crippen LogP contribution < -0.4 is 0 Å². The fourth-order valence-corrected chi connectivity index (χ4v) is 3.20. The molecule has 0 amide bonds. The molecule has 0 unspecified atom stereocenters. The third-order valence-corrected chi connectivity index (χ3v) is 4.68. The fraction of sp³-hybridized carbons (Fsp3) is 0.615. The lowest BCUT2D eigenvalue weighted by atomic mass is 9.96. The van der Waals surface area contributed by atoms with Gasteiger partial charge in [0.15, 0.2) is 0 Å². The molecular formula is C13H18N4OS. The Morgan fingerprint density at radius 1 is 1.47 bits per heavy atom. The summed E-state index contributed by atoms with van der Waals surface area (Å²) in [6, 6.07) is 0. The molecule has 2 aromatic rings. The van der Waals surface area contributed by atoms with E-state index in [1.807, 2.05) is 10.9 Å². The van der Waals surface area contributed by atoms with Crippen molar-refractivity contribution in [1.82, 2.24) is 20.0 Å². The van der Waals surface area contributed by atoms with Gasteiger partial charge in [0.05, 0.1) is 18.8 Å². The fourth-order valence-electron chi connectivity index (χ4n) is 2.37. The third-order valence-electron chi connectivity index (χ3n) is 3.47. The van der Waals surface area contributed by atoms with Crippen LogP contribution in [0.25, 0.3) is 0 Å². The van der Waals surface area contributed by atoms with E-state index in [-0.39, 0.29) is 6.10 Å². The summed E-state index contributed by atoms with van der Waals surface area (Å²) in [5, 5.41) is 24.7. The smallest absolute Gasteiger partial charge is 0.139 e. The minimum absolute atomic E-state index is 0.233. The molecular weight excluding hydrogens is 260 g/mol. The SMILES string of the molecule is CC(C)c1nnc(Cn2ncc3c2C[C@@H](O)CC3)s1. The summed E-state index contributed by atoms with van der Waals surface area (Å²) in [7, 11) is 0. The van der Waals surface area contributed by atoms with Crippen molar-refractivity contribution in [2.45, 2.75) is 51.7 Å². The topological polar surface area (TPSA) is 63.8 Å². The van der Waals surface area contributed by atoms with E-state index in [4.69, 9.17) is 0 Å². The normalized spacial score (nSPS) is 18.8. The molecule has 0 spiro atoms. The van der Waals surface area contributed by atoms with Crippen LogP contribution in [0, 0.1) is 0 Å². The molecule has 0 aliphatic heterocycles. The maximum atomic E-state index is 9.78. The van der Waals surface area contributed by atoms with Crippen LogP contribution in [0.1, 0.15) is 47.5 Å². The van der Waals surface area contributed by atoms with E-state index >= 15 is 0 Å². The highest BCUT2D eigenvalue weighted by Gasteiger charge is 2.21. The summed E-state index contributed by atoms with van der Waals surface area (Å²) in [4.78, 5) is 0. The van der Waals surface area contributed by atoms with Crippen molar-refractivity contribution >= 4 is 11.3 Å². The van der Waals surface area contributed by atoms with E-state index in [1.165, 1.54) is 5.56 Å². The van der Waals surface area contributed by atoms with Gasteiger partial charge >= 0.3 is 0 Å². The molecule has 0 aromatic carbocycles. The van der Waals surface area contributed by atoms with Crippen molar-refractivity contribution in [3.05, 3.63) is 27.5 Å². The zero-order valence-corrected chi connectivity index (χ0v) is 12.0. The molecule has 0 radical (unpaired) electrons. The van der Waals surface area contributed by atoms with Gasteiger partial charge in [0.1, 0.15) is 10.0 Å². The lowest BCUT2D eigenvalue weighted by Gasteiger charge is -2.18. The first-order valence-electron chi connectivity index (χ1n) is 6.67. The number of aryl methyl sites for hydroxylation is 1. The standard InChI is InChI=1S/C13H18N4OS/c1-8(2)13-16-15-12(19-13)7-17-11-5-10(18)4-3-9(11)6-14-17/h6,8,10,18H,3-5,7H2,1-2H3/t10-/m0/s1. The van der Waals surface area contributed by atoms with Crippen LogP contribution in [0.5, 0.6) is 0 Å². The highest BCUT2D eigenvalue weighted by Crippen LogP contribution is 2.24. The molecule has 2 heterocycles. The maximum absolute atomic E-state index is 9.78. The van der Waals surface area contributed by atoms with Crippen LogP contribution in [0.3, 0.4) is 0 Å². The van der Waals surface area contributed by atoms with E-state index in [2.05, 4.69) is 29.1 Å². The number of fused-ring (bicyclic) bond motifs is 1. The maximum Gasteiger partial charge on any atom is 0.139 e. The summed E-state index contributed by atoms with van der Waals surface area (Å²) < 4.78 is 1.96. The van der Waals surface area contributed by atoms with E-state index in [0.29, 0.717) is 18.9 Å². The third kappa shape index (κ3) is 2.55. The predicted molar refractivity (Wildman–Crippen MR) is 73.4 cm³/mol. The van der Waals surface area contributed by atoms with Crippen molar-refractivity contribution in [2.75, 3.05) is 0 Å². The number of aliphatic hydroxyl groups is 1. The highest BCUT2D eigenvalue weighted by molar-refractivity contribution is 7.11. The van der Waals surface area contributed by atoms with E-state index in [9.17, 15) is 5.11 Å². The van der Waals surface area contributed by atoms with Crippen molar-refractivity contribution < 1.29 is 5.11 Å². The van der Waals surface area contributed by atoms with Crippen LogP contribution in [0.15, 0.2) is 6.20 Å². The van der Waals surface area contributed by atoms with Crippen LogP contribution in [0.2, 0.25) is 0 Å². The Labute approximate surface area is 116 Å². The Hall–Kier alpha value is -1.27. The number of rotatable bonds is 3. The minimum Gasteiger partial charge on any atom is -0.393 e. The van der Waals surface area contributed by atoms with Gasteiger partial charge in [-0.2, -0.15) is 5.10 Å². The molecule has 1 aliphatic rings. The number of aliphatic hydroxyl groups excluding tert-OH is 1. The van der Waals surface area contributed by atoms with Gasteiger partial charge in [-0.1, -0.05) is 25.2 Å². The van der Waals surface area contributed by atoms with Gasteiger partial charge in [-0.05, 0) is 18.4 Å². The molecule has 1 atom stereocenters. The summed E-state index contributed by atoms with van der Waals surface area (Å²) in [6.45, 7) is 4.90. The molecule has 6 heteroatoms. The molecule has 0 fully saturated rings. The largest absolute Gasteiger partial charge is 0.393 e. The molecule has 1 aliphatic carbocycles. The van der Waals surface area contributed by atoms with Crippen molar-refractivity contribution in [3.8, 4) is 0 Å². The van der Waals surface area contributed by atoms with Crippen LogP contribution in [-0.4, -0.2) is 31.2 Å². The minimum atomic E-state index is -0.233. The summed E-state index contributed by atoms with van der Waals surface area (Å²) in [5.41, 5.74) is 2.42. The second-order valence-corrected chi connectivity index (χ2v) is 6.45. The van der Waals surface area contributed by atoms with Crippen molar-refractivity contribution in [3.63, 3.8) is 0 Å². The first-order valence-corrected chi connectivity index (χ1v) is 7.49. The lowest BCUT2D eigenvalue weighted by Crippen LogP contribution is -2.21. The second kappa shape index (κ2) is 5.02.